The van der Waals surface area contributed by atoms with Crippen LogP contribution in [0.5, 0.6) is 0 Å². The van der Waals surface area contributed by atoms with Gasteiger partial charge in [-0.2, -0.15) is 0 Å². The van der Waals surface area contributed by atoms with Gasteiger partial charge in [0.15, 0.2) is 5.78 Å². The van der Waals surface area contributed by atoms with E-state index in [1.807, 2.05) is 18.2 Å². The highest BCUT2D eigenvalue weighted by molar-refractivity contribution is 5.94. The van der Waals surface area contributed by atoms with E-state index in [0.717, 1.165) is 63.1 Å². The summed E-state index contributed by atoms with van der Waals surface area (Å²) >= 11 is 0. The average Bonchev–Trinajstić information content (AvgIpc) is 2.95. The van der Waals surface area contributed by atoms with E-state index in [-0.39, 0.29) is 16.6 Å². The van der Waals surface area contributed by atoms with E-state index in [0.29, 0.717) is 5.91 Å². The lowest BCUT2D eigenvalue weighted by atomic mass is 9.77. The van der Waals surface area contributed by atoms with Crippen molar-refractivity contribution in [1.29, 1.82) is 0 Å². The van der Waals surface area contributed by atoms with Gasteiger partial charge < -0.3 is 4.90 Å². The third-order valence-electron chi connectivity index (χ3n) is 5.66. The van der Waals surface area contributed by atoms with Gasteiger partial charge in [-0.1, -0.05) is 39.0 Å². The average molecular weight is 357 g/mol. The van der Waals surface area contributed by atoms with Gasteiger partial charge in [0, 0.05) is 31.7 Å². The molecule has 0 aromatic heterocycles. The van der Waals surface area contributed by atoms with E-state index in [4.69, 9.17) is 0 Å². The minimum Gasteiger partial charge on any atom is -0.342 e. The lowest BCUT2D eigenvalue weighted by molar-refractivity contribution is -0.147. The second-order valence-electron chi connectivity index (χ2n) is 9.39. The molecule has 0 bridgehead atoms. The molecule has 0 aliphatic carbocycles. The number of ketones is 1. The molecule has 1 atom stereocenters. The quantitative estimate of drug-likeness (QED) is 0.772. The van der Waals surface area contributed by atoms with Gasteiger partial charge in [0.25, 0.3) is 0 Å². The van der Waals surface area contributed by atoms with Crippen LogP contribution in [0.15, 0.2) is 24.3 Å². The molecule has 2 saturated heterocycles. The highest BCUT2D eigenvalue weighted by Crippen LogP contribution is 2.41. The SMILES string of the molecule is CC(=O)c1cccc(CN2CCC3(CCCN(CC(C)(C)C)C3=O)C2)c1. The van der Waals surface area contributed by atoms with Crippen LogP contribution in [0.25, 0.3) is 0 Å². The first-order valence-electron chi connectivity index (χ1n) is 9.80. The lowest BCUT2D eigenvalue weighted by Gasteiger charge is -2.42. The number of carbonyl (C=O) groups is 2. The van der Waals surface area contributed by atoms with Crippen LogP contribution < -0.4 is 0 Å². The molecule has 2 heterocycles. The minimum absolute atomic E-state index is 0.102. The molecule has 0 saturated carbocycles. The third-order valence-corrected chi connectivity index (χ3v) is 5.66. The molecule has 2 fully saturated rings. The second-order valence-corrected chi connectivity index (χ2v) is 9.39. The normalized spacial score (nSPS) is 24.5. The molecule has 1 aromatic rings. The van der Waals surface area contributed by atoms with Gasteiger partial charge >= 0.3 is 0 Å². The van der Waals surface area contributed by atoms with Crippen LogP contribution in [-0.4, -0.2) is 47.7 Å². The Kier molecular flexibility index (Phi) is 5.25. The molecule has 1 spiro atoms. The van der Waals surface area contributed by atoms with Gasteiger partial charge in [-0.05, 0) is 49.8 Å². The van der Waals surface area contributed by atoms with E-state index in [2.05, 4.69) is 36.6 Å². The Balaban J connectivity index is 1.68. The van der Waals surface area contributed by atoms with Gasteiger partial charge in [-0.3, -0.25) is 14.5 Å². The zero-order valence-electron chi connectivity index (χ0n) is 16.7. The van der Waals surface area contributed by atoms with Crippen molar-refractivity contribution >= 4 is 11.7 Å². The summed E-state index contributed by atoms with van der Waals surface area (Å²) in [5, 5.41) is 0. The van der Waals surface area contributed by atoms with Crippen molar-refractivity contribution in [3.63, 3.8) is 0 Å². The summed E-state index contributed by atoms with van der Waals surface area (Å²) in [6.07, 6.45) is 3.07. The van der Waals surface area contributed by atoms with Crippen LogP contribution in [0.4, 0.5) is 0 Å². The zero-order valence-corrected chi connectivity index (χ0v) is 16.7. The Morgan fingerprint density at radius 3 is 2.65 bits per heavy atom. The van der Waals surface area contributed by atoms with Crippen molar-refractivity contribution in [3.8, 4) is 0 Å². The maximum absolute atomic E-state index is 13.2. The summed E-state index contributed by atoms with van der Waals surface area (Å²) < 4.78 is 0. The number of hydrogen-bond donors (Lipinski definition) is 0. The predicted octanol–water partition coefficient (Wildman–Crippen LogP) is 3.75. The monoisotopic (exact) mass is 356 g/mol. The summed E-state index contributed by atoms with van der Waals surface area (Å²) in [6.45, 7) is 12.6. The van der Waals surface area contributed by atoms with Crippen molar-refractivity contribution in [2.24, 2.45) is 10.8 Å². The summed E-state index contributed by atoms with van der Waals surface area (Å²) in [7, 11) is 0. The molecule has 1 aromatic carbocycles. The molecule has 1 unspecified atom stereocenters. The fourth-order valence-corrected chi connectivity index (χ4v) is 4.49. The van der Waals surface area contributed by atoms with Crippen molar-refractivity contribution in [2.45, 2.75) is 53.5 Å². The van der Waals surface area contributed by atoms with Crippen molar-refractivity contribution < 1.29 is 9.59 Å². The largest absolute Gasteiger partial charge is 0.342 e. The Morgan fingerprint density at radius 2 is 1.96 bits per heavy atom. The summed E-state index contributed by atoms with van der Waals surface area (Å²) in [5.41, 5.74) is 1.87. The molecule has 4 nitrogen and oxygen atoms in total. The van der Waals surface area contributed by atoms with E-state index in [1.54, 1.807) is 6.92 Å². The van der Waals surface area contributed by atoms with E-state index >= 15 is 0 Å². The molecule has 2 aliphatic rings. The fraction of sp³-hybridized carbons (Fsp3) is 0.636. The van der Waals surface area contributed by atoms with Crippen LogP contribution in [-0.2, 0) is 11.3 Å². The second kappa shape index (κ2) is 7.15. The van der Waals surface area contributed by atoms with Gasteiger partial charge in [0.2, 0.25) is 5.91 Å². The summed E-state index contributed by atoms with van der Waals surface area (Å²) in [5.74, 6) is 0.462. The molecule has 1 amide bonds. The van der Waals surface area contributed by atoms with Gasteiger partial charge in [-0.15, -0.1) is 0 Å². The van der Waals surface area contributed by atoms with Crippen molar-refractivity contribution in [2.75, 3.05) is 26.2 Å². The minimum atomic E-state index is -0.193. The molecular formula is C22H32N2O2. The topological polar surface area (TPSA) is 40.6 Å². The molecule has 4 heteroatoms. The lowest BCUT2D eigenvalue weighted by Crippen LogP contribution is -2.52. The maximum Gasteiger partial charge on any atom is 0.230 e. The number of carbonyl (C=O) groups excluding carboxylic acids is 2. The van der Waals surface area contributed by atoms with E-state index in [9.17, 15) is 9.59 Å². The number of hydrogen-bond acceptors (Lipinski definition) is 3. The Morgan fingerprint density at radius 1 is 1.19 bits per heavy atom. The standard InChI is InChI=1S/C22H32N2O2/c1-17(25)19-8-5-7-18(13-19)14-23-12-10-22(16-23)9-6-11-24(20(22)26)15-21(2,3)4/h5,7-8,13H,6,9-12,14-16H2,1-4H3. The molecule has 2 aliphatic heterocycles. The van der Waals surface area contributed by atoms with Crippen molar-refractivity contribution in [3.05, 3.63) is 35.4 Å². The highest BCUT2D eigenvalue weighted by Gasteiger charge is 2.48. The summed E-state index contributed by atoms with van der Waals surface area (Å²) in [6, 6.07) is 7.88. The number of rotatable bonds is 4. The number of nitrogens with zero attached hydrogens (tertiary/aromatic N) is 2. The Hall–Kier alpha value is -1.68. The molecule has 142 valence electrons. The highest BCUT2D eigenvalue weighted by atomic mass is 16.2. The van der Waals surface area contributed by atoms with Crippen LogP contribution >= 0.6 is 0 Å². The predicted molar refractivity (Wildman–Crippen MR) is 104 cm³/mol. The van der Waals surface area contributed by atoms with Crippen LogP contribution in [0.2, 0.25) is 0 Å². The molecule has 26 heavy (non-hydrogen) atoms. The van der Waals surface area contributed by atoms with Crippen LogP contribution in [0, 0.1) is 10.8 Å². The molecular weight excluding hydrogens is 324 g/mol. The first kappa shape index (κ1) is 19.1. The van der Waals surface area contributed by atoms with E-state index < -0.39 is 0 Å². The molecule has 0 radical (unpaired) electrons. The molecule has 3 rings (SSSR count). The maximum atomic E-state index is 13.2. The molecule has 0 N–H and O–H groups in total. The fourth-order valence-electron chi connectivity index (χ4n) is 4.49. The smallest absolute Gasteiger partial charge is 0.230 e. The number of amides is 1. The van der Waals surface area contributed by atoms with Crippen LogP contribution in [0.1, 0.15) is 62.9 Å². The first-order valence-corrected chi connectivity index (χ1v) is 9.80. The number of likely N-dealkylation sites (tertiary alicyclic amines) is 2. The Bertz CT molecular complexity index is 692. The first-order chi connectivity index (χ1) is 12.2. The Labute approximate surface area is 157 Å². The number of benzene rings is 1. The zero-order chi connectivity index (χ0) is 18.9. The third kappa shape index (κ3) is 4.17. The number of piperidine rings is 1. The van der Waals surface area contributed by atoms with Gasteiger partial charge in [0.05, 0.1) is 5.41 Å². The van der Waals surface area contributed by atoms with Gasteiger partial charge in [0.1, 0.15) is 0 Å². The van der Waals surface area contributed by atoms with Crippen molar-refractivity contribution in [1.82, 2.24) is 9.80 Å². The van der Waals surface area contributed by atoms with E-state index in [1.165, 1.54) is 0 Å². The number of Topliss-reactive ketones (excluding diaryl/α,β-unsaturated/α-hetero) is 1. The van der Waals surface area contributed by atoms with Crippen LogP contribution in [0.3, 0.4) is 0 Å². The summed E-state index contributed by atoms with van der Waals surface area (Å²) in [4.78, 5) is 29.3. The van der Waals surface area contributed by atoms with Gasteiger partial charge in [-0.25, -0.2) is 0 Å².